The van der Waals surface area contributed by atoms with Gasteiger partial charge in [-0.15, -0.1) is 0 Å². The van der Waals surface area contributed by atoms with Gasteiger partial charge in [-0.25, -0.2) is 8.42 Å². The highest BCUT2D eigenvalue weighted by Crippen LogP contribution is 2.48. The molecule has 2 bridgehead atoms. The van der Waals surface area contributed by atoms with E-state index in [4.69, 9.17) is 13.0 Å². The van der Waals surface area contributed by atoms with Crippen molar-refractivity contribution in [2.75, 3.05) is 33.2 Å². The zero-order valence-electron chi connectivity index (χ0n) is 20.2. The molecule has 3 aliphatic heterocycles. The van der Waals surface area contributed by atoms with Crippen LogP contribution in [0.25, 0.3) is 21.5 Å². The summed E-state index contributed by atoms with van der Waals surface area (Å²) in [4.78, 5) is 2.73. The van der Waals surface area contributed by atoms with Crippen LogP contribution < -0.4 is 0 Å². The fraction of sp³-hybridized carbons (Fsp3) is 0.286. The van der Waals surface area contributed by atoms with Crippen molar-refractivity contribution >= 4 is 31.7 Å². The van der Waals surface area contributed by atoms with Crippen molar-refractivity contribution in [3.05, 3.63) is 96.1 Å². The molecule has 9 heteroatoms. The Balaban J connectivity index is 0.000000307. The molecule has 0 aromatic heterocycles. The van der Waals surface area contributed by atoms with Gasteiger partial charge in [0, 0.05) is 18.7 Å². The van der Waals surface area contributed by atoms with E-state index >= 15 is 0 Å². The maximum absolute atomic E-state index is 10.7. The minimum atomic E-state index is -6.09. The number of rotatable bonds is 2. The summed E-state index contributed by atoms with van der Waals surface area (Å²) in [5.41, 5.74) is -2.70. The first-order valence-electron chi connectivity index (χ1n) is 12.0. The lowest BCUT2D eigenvalue weighted by atomic mass is 9.83. The molecule has 4 aromatic carbocycles. The zero-order valence-corrected chi connectivity index (χ0v) is 21.0. The minimum Gasteiger partial charge on any atom is -0.741 e. The number of benzene rings is 4. The van der Waals surface area contributed by atoms with Crippen LogP contribution in [-0.4, -0.2) is 61.1 Å². The Morgan fingerprint density at radius 1 is 0.784 bits per heavy atom. The van der Waals surface area contributed by atoms with E-state index in [2.05, 4.69) is 96.9 Å². The quantitative estimate of drug-likeness (QED) is 0.193. The Hall–Kier alpha value is -2.98. The third-order valence-corrected chi connectivity index (χ3v) is 8.24. The molecule has 0 unspecified atom stereocenters. The number of piperazine rings is 3. The number of hydrogen-bond acceptors (Lipinski definition) is 4. The van der Waals surface area contributed by atoms with Gasteiger partial charge in [0.1, 0.15) is 6.04 Å². The fourth-order valence-corrected chi connectivity index (χ4v) is 5.75. The first-order valence-corrected chi connectivity index (χ1v) is 13.4. The molecule has 0 aliphatic carbocycles. The summed E-state index contributed by atoms with van der Waals surface area (Å²) in [5.74, 6) is 0. The first-order chi connectivity index (χ1) is 17.5. The van der Waals surface area contributed by atoms with E-state index in [1.165, 1.54) is 58.9 Å². The van der Waals surface area contributed by atoms with Crippen LogP contribution in [0.3, 0.4) is 0 Å². The fourth-order valence-electron chi connectivity index (χ4n) is 5.75. The maximum atomic E-state index is 10.7. The van der Waals surface area contributed by atoms with Crippen LogP contribution >= 0.6 is 0 Å². The van der Waals surface area contributed by atoms with Crippen LogP contribution in [0.2, 0.25) is 0 Å². The lowest BCUT2D eigenvalue weighted by Gasteiger charge is -2.58. The molecule has 3 fully saturated rings. The molecule has 3 saturated heterocycles. The van der Waals surface area contributed by atoms with Gasteiger partial charge in [-0.3, -0.25) is 4.90 Å². The number of nitrogens with zero attached hydrogens (tertiary/aromatic N) is 2. The summed E-state index contributed by atoms with van der Waals surface area (Å²) in [5, 5.41) is 5.36. The van der Waals surface area contributed by atoms with Crippen molar-refractivity contribution in [1.29, 1.82) is 0 Å². The molecule has 194 valence electrons. The highest BCUT2D eigenvalue weighted by Gasteiger charge is 2.51. The number of fused-ring (bicyclic) bond motifs is 5. The van der Waals surface area contributed by atoms with Crippen molar-refractivity contribution in [3.63, 3.8) is 0 Å². The van der Waals surface area contributed by atoms with Gasteiger partial charge in [-0.05, 0) is 39.2 Å². The summed E-state index contributed by atoms with van der Waals surface area (Å²) in [6, 6.07) is 32.6. The molecule has 4 aromatic rings. The van der Waals surface area contributed by atoms with E-state index in [0.29, 0.717) is 12.1 Å². The summed E-state index contributed by atoms with van der Waals surface area (Å²) in [7, 11) is -3.61. The van der Waals surface area contributed by atoms with E-state index in [1.54, 1.807) is 0 Å². The van der Waals surface area contributed by atoms with Gasteiger partial charge >= 0.3 is 5.51 Å². The molecular formula is C28H27F3N2O3S. The number of quaternary nitrogens is 1. The molecule has 0 amide bonds. The second kappa shape index (κ2) is 9.40. The first kappa shape index (κ1) is 25.7. The number of likely N-dealkylation sites (N-methyl/N-ethyl adjacent to an activating group) is 1. The SMILES string of the molecule is C[N+]12CCN(CC1)[C@H](c1ccc3ccccc3c1)[C@@H]2c1ccc2ccccc2c1.O=S(=O)([O-])C(F)(F)F. The van der Waals surface area contributed by atoms with E-state index < -0.39 is 15.6 Å². The van der Waals surface area contributed by atoms with Crippen molar-refractivity contribution in [1.82, 2.24) is 4.90 Å². The maximum Gasteiger partial charge on any atom is 0.485 e. The molecule has 3 aliphatic rings. The highest BCUT2D eigenvalue weighted by molar-refractivity contribution is 7.86. The monoisotopic (exact) mass is 528 g/mol. The summed E-state index contributed by atoms with van der Waals surface area (Å²) in [6.07, 6.45) is 0. The molecule has 0 radical (unpaired) electrons. The van der Waals surface area contributed by atoms with Crippen LogP contribution in [0.1, 0.15) is 23.2 Å². The van der Waals surface area contributed by atoms with Gasteiger partial charge in [-0.2, -0.15) is 13.2 Å². The predicted molar refractivity (Wildman–Crippen MR) is 137 cm³/mol. The normalized spacial score (nSPS) is 25.6. The largest absolute Gasteiger partial charge is 0.741 e. The minimum absolute atomic E-state index is 0.438. The number of alkyl halides is 3. The molecule has 0 saturated carbocycles. The lowest BCUT2D eigenvalue weighted by molar-refractivity contribution is -0.958. The number of hydrogen-bond donors (Lipinski definition) is 0. The number of halogens is 3. The van der Waals surface area contributed by atoms with Crippen LogP contribution in [-0.2, 0) is 10.1 Å². The van der Waals surface area contributed by atoms with Crippen LogP contribution in [0.15, 0.2) is 84.9 Å². The Morgan fingerprint density at radius 2 is 1.22 bits per heavy atom. The average Bonchev–Trinajstić information content (AvgIpc) is 2.87. The molecule has 7 rings (SSSR count). The van der Waals surface area contributed by atoms with Gasteiger partial charge in [0.25, 0.3) is 0 Å². The average molecular weight is 529 g/mol. The second-order valence-electron chi connectivity index (χ2n) is 9.97. The molecule has 37 heavy (non-hydrogen) atoms. The van der Waals surface area contributed by atoms with Crippen molar-refractivity contribution < 1.29 is 30.6 Å². The van der Waals surface area contributed by atoms with Gasteiger partial charge in [0.05, 0.1) is 26.2 Å². The molecular weight excluding hydrogens is 501 g/mol. The van der Waals surface area contributed by atoms with E-state index in [0.717, 1.165) is 4.48 Å². The van der Waals surface area contributed by atoms with Gasteiger partial charge in [-0.1, -0.05) is 72.8 Å². The Bertz CT molecular complexity index is 1550. The summed E-state index contributed by atoms with van der Waals surface area (Å²) < 4.78 is 60.0. The van der Waals surface area contributed by atoms with Crippen molar-refractivity contribution in [3.8, 4) is 0 Å². The third-order valence-electron chi connectivity index (χ3n) is 7.67. The predicted octanol–water partition coefficient (Wildman–Crippen LogP) is 5.60. The van der Waals surface area contributed by atoms with E-state index in [-0.39, 0.29) is 0 Å². The Labute approximate surface area is 214 Å². The summed E-state index contributed by atoms with van der Waals surface area (Å²) >= 11 is 0. The molecule has 5 nitrogen and oxygen atoms in total. The van der Waals surface area contributed by atoms with Crippen LogP contribution in [0, 0.1) is 0 Å². The topological polar surface area (TPSA) is 60.4 Å². The van der Waals surface area contributed by atoms with E-state index in [1.807, 2.05) is 0 Å². The van der Waals surface area contributed by atoms with E-state index in [9.17, 15) is 13.2 Å². The van der Waals surface area contributed by atoms with Gasteiger partial charge in [0.2, 0.25) is 0 Å². The standard InChI is InChI=1S/C27H27N2.CHF3O3S/c1-29-16-14-28(15-17-29)26(24-12-10-20-6-2-4-8-22(20)18-24)27(29)25-13-11-21-7-3-5-9-23(21)19-25;2-1(3,4)8(5,6)7/h2-13,18-19,26-27H,14-17H2,1H3;(H,5,6,7)/q+1;/p-1/t26-,27+;/m1./s1. The van der Waals surface area contributed by atoms with Crippen molar-refractivity contribution in [2.45, 2.75) is 17.6 Å². The Kier molecular flexibility index (Phi) is 6.52. The Morgan fingerprint density at radius 3 is 1.70 bits per heavy atom. The highest BCUT2D eigenvalue weighted by atomic mass is 32.2. The molecule has 0 N–H and O–H groups in total. The van der Waals surface area contributed by atoms with Crippen LogP contribution in [0.4, 0.5) is 13.2 Å². The van der Waals surface area contributed by atoms with Crippen molar-refractivity contribution in [2.24, 2.45) is 0 Å². The second-order valence-corrected chi connectivity index (χ2v) is 11.3. The smallest absolute Gasteiger partial charge is 0.485 e. The molecule has 0 spiro atoms. The van der Waals surface area contributed by atoms with Gasteiger partial charge < -0.3 is 9.04 Å². The third kappa shape index (κ3) is 4.96. The summed E-state index contributed by atoms with van der Waals surface area (Å²) in [6.45, 7) is 4.86. The molecule has 2 atom stereocenters. The zero-order chi connectivity index (χ0) is 26.4. The molecule has 3 heterocycles. The lowest BCUT2D eigenvalue weighted by Crippen LogP contribution is -2.67. The van der Waals surface area contributed by atoms with Gasteiger partial charge in [0.15, 0.2) is 10.1 Å². The van der Waals surface area contributed by atoms with Crippen LogP contribution in [0.5, 0.6) is 0 Å².